The SMILES string of the molecule is CCCCCCCC[NH+]1CCC(CCCC)CC1.[C-]#N. The predicted molar refractivity (Wildman–Crippen MR) is 86.2 cm³/mol. The Bertz CT molecular complexity index is 205. The summed E-state index contributed by atoms with van der Waals surface area (Å²) in [5.74, 6) is 1.07. The molecule has 0 bridgehead atoms. The Balaban J connectivity index is 0.00000172. The van der Waals surface area contributed by atoms with E-state index in [0.717, 1.165) is 5.92 Å². The van der Waals surface area contributed by atoms with E-state index in [4.69, 9.17) is 11.8 Å². The summed E-state index contributed by atoms with van der Waals surface area (Å²) in [6.07, 6.45) is 16.0. The lowest BCUT2D eigenvalue weighted by atomic mass is 9.91. The van der Waals surface area contributed by atoms with Crippen LogP contribution in [-0.4, -0.2) is 19.6 Å². The van der Waals surface area contributed by atoms with Crippen LogP contribution in [0.25, 0.3) is 0 Å². The highest BCUT2D eigenvalue weighted by Gasteiger charge is 2.20. The third-order valence-electron chi connectivity index (χ3n) is 4.66. The molecule has 118 valence electrons. The highest BCUT2D eigenvalue weighted by Crippen LogP contribution is 2.17. The van der Waals surface area contributed by atoms with E-state index in [2.05, 4.69) is 13.8 Å². The van der Waals surface area contributed by atoms with Gasteiger partial charge in [0.15, 0.2) is 0 Å². The molecule has 1 aliphatic heterocycles. The van der Waals surface area contributed by atoms with Crippen LogP contribution in [0, 0.1) is 17.8 Å². The first-order chi connectivity index (χ1) is 9.86. The van der Waals surface area contributed by atoms with Gasteiger partial charge in [0.25, 0.3) is 0 Å². The number of hydrogen-bond acceptors (Lipinski definition) is 1. The number of likely N-dealkylation sites (tertiary alicyclic amines) is 1. The summed E-state index contributed by atoms with van der Waals surface area (Å²) in [5.41, 5.74) is 0. The van der Waals surface area contributed by atoms with Gasteiger partial charge in [-0.3, -0.25) is 0 Å². The second-order valence-electron chi connectivity index (χ2n) is 6.35. The van der Waals surface area contributed by atoms with E-state index in [0.29, 0.717) is 0 Å². The Labute approximate surface area is 127 Å². The molecule has 0 amide bonds. The molecule has 0 aromatic carbocycles. The Hall–Kier alpha value is -0.550. The van der Waals surface area contributed by atoms with E-state index in [-0.39, 0.29) is 0 Å². The third-order valence-corrected chi connectivity index (χ3v) is 4.66. The average molecular weight is 280 g/mol. The van der Waals surface area contributed by atoms with E-state index in [1.54, 1.807) is 0 Å². The Kier molecular flexibility index (Phi) is 14.4. The molecule has 1 heterocycles. The van der Waals surface area contributed by atoms with Crippen LogP contribution < -0.4 is 4.90 Å². The molecule has 0 unspecified atom stereocenters. The molecule has 2 nitrogen and oxygen atoms in total. The van der Waals surface area contributed by atoms with E-state index in [9.17, 15) is 0 Å². The molecule has 0 aromatic heterocycles. The number of piperidine rings is 1. The van der Waals surface area contributed by atoms with Gasteiger partial charge in [0.2, 0.25) is 0 Å². The maximum Gasteiger partial charge on any atom is 0.0773 e. The first-order valence-corrected chi connectivity index (χ1v) is 8.92. The Morgan fingerprint density at radius 1 is 0.850 bits per heavy atom. The molecule has 1 N–H and O–H groups in total. The minimum absolute atomic E-state index is 1.07. The lowest BCUT2D eigenvalue weighted by molar-refractivity contribution is -0.906. The zero-order valence-electron chi connectivity index (χ0n) is 13.9. The van der Waals surface area contributed by atoms with Crippen molar-refractivity contribution in [3.05, 3.63) is 6.57 Å². The number of rotatable bonds is 10. The molecule has 20 heavy (non-hydrogen) atoms. The zero-order chi connectivity index (χ0) is 15.1. The van der Waals surface area contributed by atoms with Crippen molar-refractivity contribution >= 4 is 0 Å². The summed E-state index contributed by atoms with van der Waals surface area (Å²) < 4.78 is 0. The highest BCUT2D eigenvalue weighted by molar-refractivity contribution is 4.62. The molecular formula is C18H36N2. The van der Waals surface area contributed by atoms with Gasteiger partial charge in [0.1, 0.15) is 0 Å². The minimum Gasteiger partial charge on any atom is -0.512 e. The monoisotopic (exact) mass is 280 g/mol. The van der Waals surface area contributed by atoms with Crippen LogP contribution >= 0.6 is 0 Å². The number of hydrogen-bond donors (Lipinski definition) is 1. The predicted octanol–water partition coefficient (Wildman–Crippen LogP) is 3.93. The smallest absolute Gasteiger partial charge is 0.0773 e. The normalized spacial score (nSPS) is 22.0. The van der Waals surface area contributed by atoms with Crippen LogP contribution in [0.15, 0.2) is 0 Å². The van der Waals surface area contributed by atoms with Crippen LogP contribution in [0.4, 0.5) is 0 Å². The van der Waals surface area contributed by atoms with Gasteiger partial charge in [-0.15, -0.1) is 0 Å². The largest absolute Gasteiger partial charge is 0.512 e. The minimum atomic E-state index is 1.07. The summed E-state index contributed by atoms with van der Waals surface area (Å²) in [6, 6.07) is 0. The summed E-state index contributed by atoms with van der Waals surface area (Å²) >= 11 is 0. The van der Waals surface area contributed by atoms with Gasteiger partial charge < -0.3 is 16.7 Å². The van der Waals surface area contributed by atoms with Crippen molar-refractivity contribution < 1.29 is 4.90 Å². The van der Waals surface area contributed by atoms with Crippen LogP contribution in [-0.2, 0) is 0 Å². The fourth-order valence-corrected chi connectivity index (χ4v) is 3.27. The third kappa shape index (κ3) is 10.3. The number of nitrogens with one attached hydrogen (secondary N) is 1. The lowest BCUT2D eigenvalue weighted by Crippen LogP contribution is -3.13. The Morgan fingerprint density at radius 3 is 2.00 bits per heavy atom. The van der Waals surface area contributed by atoms with E-state index < -0.39 is 0 Å². The molecule has 0 spiro atoms. The first kappa shape index (κ1) is 19.4. The van der Waals surface area contributed by atoms with Gasteiger partial charge in [-0.2, -0.15) is 0 Å². The summed E-state index contributed by atoms with van der Waals surface area (Å²) in [4.78, 5) is 1.90. The van der Waals surface area contributed by atoms with Gasteiger partial charge in [-0.05, 0) is 31.6 Å². The molecule has 1 fully saturated rings. The van der Waals surface area contributed by atoms with E-state index in [1.165, 1.54) is 90.3 Å². The van der Waals surface area contributed by atoms with Crippen LogP contribution in [0.1, 0.15) is 84.5 Å². The average Bonchev–Trinajstić information content (AvgIpc) is 2.52. The van der Waals surface area contributed by atoms with Gasteiger partial charge >= 0.3 is 0 Å². The standard InChI is InChI=1S/C17H35N.CN/c1-3-5-7-8-9-10-14-18-15-12-17(13-16-18)11-6-4-2;1-2/h17H,3-16H2,1-2H3;/q;-1/p+1. The topological polar surface area (TPSA) is 28.2 Å². The molecule has 1 aliphatic rings. The summed E-state index contributed by atoms with van der Waals surface area (Å²) in [7, 11) is 0. The van der Waals surface area contributed by atoms with Gasteiger partial charge in [-0.25, -0.2) is 0 Å². The molecule has 2 heteroatoms. The van der Waals surface area contributed by atoms with Gasteiger partial charge in [0.05, 0.1) is 19.6 Å². The van der Waals surface area contributed by atoms with Crippen LogP contribution in [0.5, 0.6) is 0 Å². The van der Waals surface area contributed by atoms with Crippen molar-refractivity contribution in [1.29, 1.82) is 5.26 Å². The molecule has 0 saturated carbocycles. The first-order valence-electron chi connectivity index (χ1n) is 8.92. The summed E-state index contributed by atoms with van der Waals surface area (Å²) in [5, 5.41) is 6.25. The van der Waals surface area contributed by atoms with Crippen molar-refractivity contribution in [2.75, 3.05) is 19.6 Å². The number of unbranched alkanes of at least 4 members (excludes halogenated alkanes) is 6. The molecule has 0 aromatic rings. The van der Waals surface area contributed by atoms with E-state index >= 15 is 0 Å². The molecular weight excluding hydrogens is 244 g/mol. The fraction of sp³-hybridized carbons (Fsp3) is 0.944. The van der Waals surface area contributed by atoms with Gasteiger partial charge in [-0.1, -0.05) is 58.8 Å². The quantitative estimate of drug-likeness (QED) is 0.476. The van der Waals surface area contributed by atoms with E-state index in [1.807, 2.05) is 4.90 Å². The molecule has 0 radical (unpaired) electrons. The second kappa shape index (κ2) is 14.9. The van der Waals surface area contributed by atoms with Crippen molar-refractivity contribution in [1.82, 2.24) is 0 Å². The number of quaternary nitrogens is 1. The fourth-order valence-electron chi connectivity index (χ4n) is 3.27. The highest BCUT2D eigenvalue weighted by atomic mass is 15.1. The molecule has 1 rings (SSSR count). The lowest BCUT2D eigenvalue weighted by Gasteiger charge is -2.29. The summed E-state index contributed by atoms with van der Waals surface area (Å²) in [6.45, 7) is 13.7. The van der Waals surface area contributed by atoms with Crippen molar-refractivity contribution in [3.8, 4) is 0 Å². The van der Waals surface area contributed by atoms with Crippen molar-refractivity contribution in [3.63, 3.8) is 0 Å². The number of nitrogens with zero attached hydrogens (tertiary/aromatic N) is 1. The van der Waals surface area contributed by atoms with Crippen LogP contribution in [0.2, 0.25) is 0 Å². The van der Waals surface area contributed by atoms with Crippen LogP contribution in [0.3, 0.4) is 0 Å². The van der Waals surface area contributed by atoms with Crippen molar-refractivity contribution in [2.24, 2.45) is 5.92 Å². The molecule has 1 saturated heterocycles. The maximum absolute atomic E-state index is 6.25. The molecule has 0 atom stereocenters. The molecule has 0 aliphatic carbocycles. The maximum atomic E-state index is 6.25. The second-order valence-corrected chi connectivity index (χ2v) is 6.35. The van der Waals surface area contributed by atoms with Gasteiger partial charge in [0, 0.05) is 0 Å². The zero-order valence-corrected chi connectivity index (χ0v) is 13.9. The Morgan fingerprint density at radius 2 is 1.40 bits per heavy atom. The van der Waals surface area contributed by atoms with Crippen molar-refractivity contribution in [2.45, 2.75) is 84.5 Å².